The first-order valence-corrected chi connectivity index (χ1v) is 15.7. The van der Waals surface area contributed by atoms with Crippen molar-refractivity contribution in [1.29, 1.82) is 0 Å². The topological polar surface area (TPSA) is 174 Å². The van der Waals surface area contributed by atoms with Crippen LogP contribution in [0.3, 0.4) is 0 Å². The van der Waals surface area contributed by atoms with Crippen LogP contribution in [-0.4, -0.2) is 109 Å². The Hall–Kier alpha value is -3.41. The number of azide groups is 1. The van der Waals surface area contributed by atoms with Gasteiger partial charge in [0, 0.05) is 35.6 Å². The Morgan fingerprint density at radius 1 is 0.935 bits per heavy atom. The van der Waals surface area contributed by atoms with Gasteiger partial charge in [-0.1, -0.05) is 50.7 Å². The highest BCUT2D eigenvalue weighted by molar-refractivity contribution is 5.94. The molecule has 0 bridgehead atoms. The molecule has 1 rings (SSSR count). The summed E-state index contributed by atoms with van der Waals surface area (Å²) in [5, 5.41) is 12.5. The van der Waals surface area contributed by atoms with Gasteiger partial charge in [0.2, 0.25) is 5.91 Å². The van der Waals surface area contributed by atoms with Crippen LogP contribution in [0.4, 0.5) is 0 Å². The smallest absolute Gasteiger partial charge is 0.251 e. The molecule has 1 atom stereocenters. The number of amides is 2. The van der Waals surface area contributed by atoms with Crippen LogP contribution >= 0.6 is 0 Å². The van der Waals surface area contributed by atoms with E-state index in [1.807, 2.05) is 13.8 Å². The molecule has 3 N–H and O–H groups in total. The van der Waals surface area contributed by atoms with Crippen LogP contribution in [0.2, 0.25) is 0 Å². The molecule has 0 aliphatic heterocycles. The van der Waals surface area contributed by atoms with Gasteiger partial charge in [0.05, 0.1) is 52.8 Å². The van der Waals surface area contributed by atoms with Gasteiger partial charge < -0.3 is 44.4 Å². The van der Waals surface area contributed by atoms with Crippen LogP contribution in [0.15, 0.2) is 29.4 Å². The summed E-state index contributed by atoms with van der Waals surface area (Å²) in [5.74, 6) is 5.87. The fourth-order valence-corrected chi connectivity index (χ4v) is 3.52. The van der Waals surface area contributed by atoms with Crippen LogP contribution < -0.4 is 20.7 Å². The summed E-state index contributed by atoms with van der Waals surface area (Å²) in [6.07, 6.45) is 0.965. The average Bonchev–Trinajstić information content (AvgIpc) is 3.02. The third-order valence-corrected chi connectivity index (χ3v) is 5.79. The highest BCUT2D eigenvalue weighted by Crippen LogP contribution is 2.19. The summed E-state index contributed by atoms with van der Waals surface area (Å²) < 4.78 is 33.3. The molecule has 0 spiro atoms. The van der Waals surface area contributed by atoms with Gasteiger partial charge in [0.1, 0.15) is 19.0 Å². The van der Waals surface area contributed by atoms with Crippen molar-refractivity contribution < 1.29 is 38.0 Å². The normalized spacial score (nSPS) is 12.2. The number of nitrogens with zero attached hydrogens (tertiary/aromatic N) is 3. The molecule has 1 aromatic carbocycles. The van der Waals surface area contributed by atoms with E-state index in [-0.39, 0.29) is 50.7 Å². The summed E-state index contributed by atoms with van der Waals surface area (Å²) in [6.45, 7) is 14.1. The lowest BCUT2D eigenvalue weighted by Crippen LogP contribution is -2.35. The molecule has 0 aliphatic carbocycles. The summed E-state index contributed by atoms with van der Waals surface area (Å²) >= 11 is 0. The van der Waals surface area contributed by atoms with Crippen molar-refractivity contribution in [2.45, 2.75) is 52.8 Å². The molecule has 0 fully saturated rings. The number of nitrogens with one attached hydrogen (secondary N) is 3. The van der Waals surface area contributed by atoms with E-state index in [9.17, 15) is 9.59 Å². The Labute approximate surface area is 273 Å². The molecule has 2 amide bonds. The minimum absolute atomic E-state index is 0.0567. The average molecular weight is 649 g/mol. The molecule has 0 aromatic heterocycles. The standard InChI is InChI=1S/C32H52N6O8/c1-26(2)9-7-12-35-30(39)24-44-21-22-46-32(5,37-38-33)25-45-29-11-6-10-28(23-29)31(40)36-14-16-42-18-20-43-19-17-41-15-8-13-34-27(3)4/h6,10-11,23,26-27,34H,8,12-22,24-25H2,1-5H3,(H,35,39)(H,36,40). The van der Waals surface area contributed by atoms with Crippen molar-refractivity contribution in [3.05, 3.63) is 40.3 Å². The van der Waals surface area contributed by atoms with Crippen molar-refractivity contribution in [3.8, 4) is 17.6 Å². The van der Waals surface area contributed by atoms with E-state index in [0.717, 1.165) is 13.0 Å². The summed E-state index contributed by atoms with van der Waals surface area (Å²) in [5.41, 5.74) is 8.06. The molecule has 258 valence electrons. The zero-order valence-corrected chi connectivity index (χ0v) is 28.0. The van der Waals surface area contributed by atoms with E-state index in [2.05, 4.69) is 51.7 Å². The molecule has 1 unspecified atom stereocenters. The Morgan fingerprint density at radius 3 is 2.33 bits per heavy atom. The predicted molar refractivity (Wildman–Crippen MR) is 174 cm³/mol. The number of carbonyl (C=O) groups excluding carboxylic acids is 2. The van der Waals surface area contributed by atoms with E-state index >= 15 is 0 Å². The van der Waals surface area contributed by atoms with E-state index in [4.69, 9.17) is 34.0 Å². The van der Waals surface area contributed by atoms with Gasteiger partial charge in [-0.2, -0.15) is 0 Å². The number of hydrogen-bond donors (Lipinski definition) is 3. The molecule has 0 heterocycles. The quantitative estimate of drug-likeness (QED) is 0.0448. The summed E-state index contributed by atoms with van der Waals surface area (Å²) in [4.78, 5) is 27.2. The van der Waals surface area contributed by atoms with Crippen LogP contribution in [0, 0.1) is 17.8 Å². The lowest BCUT2D eigenvalue weighted by molar-refractivity contribution is -0.127. The number of ether oxygens (including phenoxy) is 6. The van der Waals surface area contributed by atoms with Crippen LogP contribution in [-0.2, 0) is 28.5 Å². The Balaban J connectivity index is 2.25. The predicted octanol–water partition coefficient (Wildman–Crippen LogP) is 3.07. The SMILES string of the molecule is CC(C)C#CCNC(=O)COCCOC(C)(COc1cccc(C(=O)NCCOCCOCCOCCCNC(C)C)c1)N=[N+]=[N-]. The summed E-state index contributed by atoms with van der Waals surface area (Å²) in [7, 11) is 0. The van der Waals surface area contributed by atoms with Gasteiger partial charge in [-0.3, -0.25) is 9.59 Å². The molecular weight excluding hydrogens is 596 g/mol. The largest absolute Gasteiger partial charge is 0.490 e. The molecule has 0 saturated heterocycles. The Bertz CT molecular complexity index is 1100. The highest BCUT2D eigenvalue weighted by Gasteiger charge is 2.25. The van der Waals surface area contributed by atoms with E-state index in [1.165, 1.54) is 0 Å². The van der Waals surface area contributed by atoms with Crippen molar-refractivity contribution in [2.75, 3.05) is 85.7 Å². The second-order valence-corrected chi connectivity index (χ2v) is 10.9. The fraction of sp³-hybridized carbons (Fsp3) is 0.688. The zero-order chi connectivity index (χ0) is 33.9. The van der Waals surface area contributed by atoms with Gasteiger partial charge in [-0.25, -0.2) is 0 Å². The maximum atomic E-state index is 12.6. The van der Waals surface area contributed by atoms with Crippen molar-refractivity contribution in [2.24, 2.45) is 11.0 Å². The maximum absolute atomic E-state index is 12.6. The van der Waals surface area contributed by atoms with Gasteiger partial charge in [-0.15, -0.1) is 0 Å². The number of carbonyl (C=O) groups is 2. The molecular formula is C32H52N6O8. The second-order valence-electron chi connectivity index (χ2n) is 10.9. The second kappa shape index (κ2) is 25.7. The Kier molecular flexibility index (Phi) is 22.7. The molecule has 0 radical (unpaired) electrons. The number of hydrogen-bond acceptors (Lipinski definition) is 10. The van der Waals surface area contributed by atoms with Crippen molar-refractivity contribution >= 4 is 11.8 Å². The van der Waals surface area contributed by atoms with Crippen molar-refractivity contribution in [1.82, 2.24) is 16.0 Å². The minimum atomic E-state index is -1.34. The molecule has 0 saturated carbocycles. The highest BCUT2D eigenvalue weighted by atomic mass is 16.6. The third kappa shape index (κ3) is 22.2. The van der Waals surface area contributed by atoms with Gasteiger partial charge in [-0.05, 0) is 43.6 Å². The van der Waals surface area contributed by atoms with E-state index in [0.29, 0.717) is 63.5 Å². The summed E-state index contributed by atoms with van der Waals surface area (Å²) in [6, 6.07) is 7.09. The van der Waals surface area contributed by atoms with Crippen molar-refractivity contribution in [3.63, 3.8) is 0 Å². The fourth-order valence-electron chi connectivity index (χ4n) is 3.52. The molecule has 1 aromatic rings. The monoisotopic (exact) mass is 648 g/mol. The first-order chi connectivity index (χ1) is 22.1. The van der Waals surface area contributed by atoms with E-state index in [1.54, 1.807) is 31.2 Å². The number of rotatable bonds is 26. The van der Waals surface area contributed by atoms with Gasteiger partial charge in [0.25, 0.3) is 5.91 Å². The maximum Gasteiger partial charge on any atom is 0.251 e. The third-order valence-electron chi connectivity index (χ3n) is 5.79. The van der Waals surface area contributed by atoms with Crippen LogP contribution in [0.1, 0.15) is 51.4 Å². The first kappa shape index (κ1) is 40.6. The lowest BCUT2D eigenvalue weighted by atomic mass is 10.2. The van der Waals surface area contributed by atoms with Gasteiger partial charge in [0.15, 0.2) is 5.72 Å². The minimum Gasteiger partial charge on any atom is -0.490 e. The lowest BCUT2D eigenvalue weighted by Gasteiger charge is -2.24. The Morgan fingerprint density at radius 2 is 1.63 bits per heavy atom. The number of benzene rings is 1. The zero-order valence-electron chi connectivity index (χ0n) is 28.0. The first-order valence-electron chi connectivity index (χ1n) is 15.7. The molecule has 0 aliphatic rings. The molecule has 14 heteroatoms. The van der Waals surface area contributed by atoms with E-state index < -0.39 is 5.72 Å². The molecule has 46 heavy (non-hydrogen) atoms. The van der Waals surface area contributed by atoms with Crippen LogP contribution in [0.25, 0.3) is 10.4 Å². The van der Waals surface area contributed by atoms with Gasteiger partial charge >= 0.3 is 0 Å². The molecule has 14 nitrogen and oxygen atoms in total. The van der Waals surface area contributed by atoms with Crippen LogP contribution in [0.5, 0.6) is 5.75 Å².